The molecule has 0 radical (unpaired) electrons. The van der Waals surface area contributed by atoms with E-state index in [2.05, 4.69) is 10.6 Å². The lowest BCUT2D eigenvalue weighted by Crippen LogP contribution is -2.52. The van der Waals surface area contributed by atoms with Crippen molar-refractivity contribution >= 4 is 17.7 Å². The Kier molecular flexibility index (Phi) is 5.72. The lowest BCUT2D eigenvalue weighted by atomic mass is 9.78. The van der Waals surface area contributed by atoms with Crippen LogP contribution in [0, 0.1) is 11.8 Å². The van der Waals surface area contributed by atoms with Gasteiger partial charge in [0.15, 0.2) is 5.78 Å². The highest BCUT2D eigenvalue weighted by Crippen LogP contribution is 2.29. The third-order valence-corrected chi connectivity index (χ3v) is 4.42. The standard InChI is InChI=1S/C18H24N2O4/c1-10(2)14(16(18(23)24)20-11(3)21)17(22)15-13-7-5-4-6-12(13)8-9-19-15/h4-7,10,14-16,19H,8-9H2,1-3H3,(H,20,21)(H,23,24)/t14?,15?,16-/m0/s1. The first-order valence-electron chi connectivity index (χ1n) is 8.17. The Morgan fingerprint density at radius 3 is 2.50 bits per heavy atom. The number of hydrogen-bond acceptors (Lipinski definition) is 4. The number of fused-ring (bicyclic) bond motifs is 1. The first-order chi connectivity index (χ1) is 11.3. The van der Waals surface area contributed by atoms with Crippen LogP contribution in [0.1, 0.15) is 37.9 Å². The number of rotatable bonds is 6. The zero-order valence-electron chi connectivity index (χ0n) is 14.2. The number of ketones is 1. The van der Waals surface area contributed by atoms with Crippen molar-refractivity contribution in [3.8, 4) is 0 Å². The average molecular weight is 332 g/mol. The molecule has 3 N–H and O–H groups in total. The lowest BCUT2D eigenvalue weighted by Gasteiger charge is -2.33. The van der Waals surface area contributed by atoms with Gasteiger partial charge >= 0.3 is 5.97 Å². The van der Waals surface area contributed by atoms with Crippen molar-refractivity contribution in [2.75, 3.05) is 6.54 Å². The normalized spacial score (nSPS) is 19.2. The summed E-state index contributed by atoms with van der Waals surface area (Å²) in [5, 5.41) is 15.1. The molecular formula is C18H24N2O4. The van der Waals surface area contributed by atoms with Gasteiger partial charge in [-0.2, -0.15) is 0 Å². The minimum atomic E-state index is -1.23. The van der Waals surface area contributed by atoms with Crippen LogP contribution in [0.2, 0.25) is 0 Å². The van der Waals surface area contributed by atoms with Gasteiger partial charge in [-0.3, -0.25) is 9.59 Å². The number of amides is 1. The molecule has 0 aliphatic carbocycles. The van der Waals surface area contributed by atoms with Gasteiger partial charge in [0, 0.05) is 13.5 Å². The van der Waals surface area contributed by atoms with Crippen LogP contribution in [0.4, 0.5) is 0 Å². The first kappa shape index (κ1) is 18.1. The number of carbonyl (C=O) groups is 3. The van der Waals surface area contributed by atoms with Gasteiger partial charge in [0.25, 0.3) is 0 Å². The van der Waals surface area contributed by atoms with Gasteiger partial charge in [-0.05, 0) is 23.5 Å². The molecule has 0 saturated carbocycles. The van der Waals surface area contributed by atoms with Crippen molar-refractivity contribution in [2.45, 2.75) is 39.3 Å². The molecule has 2 rings (SSSR count). The van der Waals surface area contributed by atoms with E-state index in [-0.39, 0.29) is 11.7 Å². The van der Waals surface area contributed by atoms with Crippen molar-refractivity contribution in [3.05, 3.63) is 35.4 Å². The van der Waals surface area contributed by atoms with E-state index < -0.39 is 29.9 Å². The highest BCUT2D eigenvalue weighted by Gasteiger charge is 2.41. The SMILES string of the molecule is CC(=O)N[C@H](C(=O)O)C(C(=O)C1NCCc2ccccc21)C(C)C. The fourth-order valence-electron chi connectivity index (χ4n) is 3.35. The van der Waals surface area contributed by atoms with E-state index in [1.807, 2.05) is 24.3 Å². The second kappa shape index (κ2) is 7.57. The maximum absolute atomic E-state index is 13.2. The quantitative estimate of drug-likeness (QED) is 0.730. The fraction of sp³-hybridized carbons (Fsp3) is 0.500. The van der Waals surface area contributed by atoms with Crippen LogP contribution >= 0.6 is 0 Å². The van der Waals surface area contributed by atoms with Crippen LogP contribution in [0.15, 0.2) is 24.3 Å². The number of hydrogen-bond donors (Lipinski definition) is 3. The summed E-state index contributed by atoms with van der Waals surface area (Å²) < 4.78 is 0. The van der Waals surface area contributed by atoms with Crippen LogP contribution < -0.4 is 10.6 Å². The van der Waals surface area contributed by atoms with E-state index in [0.717, 1.165) is 17.5 Å². The smallest absolute Gasteiger partial charge is 0.326 e. The second-order valence-electron chi connectivity index (χ2n) is 6.52. The summed E-state index contributed by atoms with van der Waals surface area (Å²) in [5.41, 5.74) is 2.00. The molecular weight excluding hydrogens is 308 g/mol. The van der Waals surface area contributed by atoms with E-state index in [1.165, 1.54) is 6.92 Å². The van der Waals surface area contributed by atoms with E-state index in [4.69, 9.17) is 0 Å². The Balaban J connectivity index is 2.36. The molecule has 1 heterocycles. The maximum atomic E-state index is 13.2. The molecule has 0 fully saturated rings. The van der Waals surface area contributed by atoms with Gasteiger partial charge in [-0.15, -0.1) is 0 Å². The van der Waals surface area contributed by atoms with Crippen LogP contribution in [-0.2, 0) is 20.8 Å². The topological polar surface area (TPSA) is 95.5 Å². The molecule has 6 nitrogen and oxygen atoms in total. The van der Waals surface area contributed by atoms with Crippen LogP contribution in [-0.4, -0.2) is 35.4 Å². The lowest BCUT2D eigenvalue weighted by molar-refractivity contribution is -0.147. The van der Waals surface area contributed by atoms with Crippen molar-refractivity contribution in [1.29, 1.82) is 0 Å². The van der Waals surface area contributed by atoms with E-state index in [0.29, 0.717) is 6.54 Å². The number of nitrogens with one attached hydrogen (secondary N) is 2. The van der Waals surface area contributed by atoms with Crippen molar-refractivity contribution in [3.63, 3.8) is 0 Å². The van der Waals surface area contributed by atoms with Gasteiger partial charge < -0.3 is 15.7 Å². The molecule has 1 amide bonds. The molecule has 24 heavy (non-hydrogen) atoms. The fourth-order valence-corrected chi connectivity index (χ4v) is 3.35. The van der Waals surface area contributed by atoms with Gasteiger partial charge in [0.1, 0.15) is 6.04 Å². The number of Topliss-reactive ketones (excluding diaryl/α,β-unsaturated/α-hetero) is 1. The highest BCUT2D eigenvalue weighted by atomic mass is 16.4. The van der Waals surface area contributed by atoms with Crippen LogP contribution in [0.25, 0.3) is 0 Å². The van der Waals surface area contributed by atoms with Crippen LogP contribution in [0.3, 0.4) is 0 Å². The summed E-state index contributed by atoms with van der Waals surface area (Å²) in [6.07, 6.45) is 0.834. The predicted octanol–water partition coefficient (Wildman–Crippen LogP) is 1.30. The summed E-state index contributed by atoms with van der Waals surface area (Å²) in [7, 11) is 0. The molecule has 0 saturated heterocycles. The largest absolute Gasteiger partial charge is 0.480 e. The van der Waals surface area contributed by atoms with Gasteiger partial charge in [0.2, 0.25) is 5.91 Å². The number of carboxylic acids is 1. The molecule has 3 atom stereocenters. The zero-order chi connectivity index (χ0) is 17.9. The molecule has 1 aliphatic rings. The Morgan fingerprint density at radius 1 is 1.25 bits per heavy atom. The van der Waals surface area contributed by atoms with Crippen molar-refractivity contribution < 1.29 is 19.5 Å². The zero-order valence-corrected chi connectivity index (χ0v) is 14.2. The second-order valence-corrected chi connectivity index (χ2v) is 6.52. The van der Waals surface area contributed by atoms with Crippen molar-refractivity contribution in [1.82, 2.24) is 10.6 Å². The summed E-state index contributed by atoms with van der Waals surface area (Å²) in [6, 6.07) is 5.92. The molecule has 0 aromatic heterocycles. The molecule has 6 heteroatoms. The van der Waals surface area contributed by atoms with Crippen molar-refractivity contribution in [2.24, 2.45) is 11.8 Å². The molecule has 1 aromatic rings. The number of carboxylic acid groups (broad SMARTS) is 1. The molecule has 130 valence electrons. The Bertz CT molecular complexity index is 642. The predicted molar refractivity (Wildman–Crippen MR) is 89.5 cm³/mol. The van der Waals surface area contributed by atoms with Gasteiger partial charge in [0.05, 0.1) is 12.0 Å². The Labute approximate surface area is 141 Å². The summed E-state index contributed by atoms with van der Waals surface area (Å²) in [5.74, 6) is -2.88. The summed E-state index contributed by atoms with van der Waals surface area (Å²) in [6.45, 7) is 5.52. The first-order valence-corrected chi connectivity index (χ1v) is 8.17. The van der Waals surface area contributed by atoms with Crippen LogP contribution in [0.5, 0.6) is 0 Å². The number of carbonyl (C=O) groups excluding carboxylic acids is 2. The minimum absolute atomic E-state index is 0.196. The number of benzene rings is 1. The third kappa shape index (κ3) is 3.82. The average Bonchev–Trinajstić information content (AvgIpc) is 2.52. The Hall–Kier alpha value is -2.21. The monoisotopic (exact) mass is 332 g/mol. The van der Waals surface area contributed by atoms with Gasteiger partial charge in [-0.1, -0.05) is 38.1 Å². The summed E-state index contributed by atoms with van der Waals surface area (Å²) >= 11 is 0. The third-order valence-electron chi connectivity index (χ3n) is 4.42. The maximum Gasteiger partial charge on any atom is 0.326 e. The van der Waals surface area contributed by atoms with Gasteiger partial charge in [-0.25, -0.2) is 4.79 Å². The highest BCUT2D eigenvalue weighted by molar-refractivity contribution is 5.94. The molecule has 2 unspecified atom stereocenters. The summed E-state index contributed by atoms with van der Waals surface area (Å²) in [4.78, 5) is 36.2. The minimum Gasteiger partial charge on any atom is -0.480 e. The van der Waals surface area contributed by atoms with E-state index in [1.54, 1.807) is 13.8 Å². The Morgan fingerprint density at radius 2 is 1.92 bits per heavy atom. The molecule has 0 bridgehead atoms. The molecule has 0 spiro atoms. The number of aliphatic carboxylic acids is 1. The molecule has 1 aliphatic heterocycles. The van der Waals surface area contributed by atoms with E-state index in [9.17, 15) is 19.5 Å². The van der Waals surface area contributed by atoms with E-state index >= 15 is 0 Å². The molecule has 1 aromatic carbocycles.